The third-order valence-corrected chi connectivity index (χ3v) is 4.07. The number of rotatable bonds is 6. The van der Waals surface area contributed by atoms with Crippen molar-refractivity contribution < 1.29 is 9.47 Å². The van der Waals surface area contributed by atoms with Gasteiger partial charge in [0.15, 0.2) is 5.82 Å². The molecule has 1 aliphatic heterocycles. The van der Waals surface area contributed by atoms with E-state index in [1.807, 2.05) is 6.20 Å². The maximum Gasteiger partial charge on any atom is 0.319 e. The van der Waals surface area contributed by atoms with Crippen molar-refractivity contribution in [2.45, 2.75) is 19.8 Å². The van der Waals surface area contributed by atoms with Gasteiger partial charge in [0.05, 0.1) is 6.61 Å². The van der Waals surface area contributed by atoms with E-state index in [2.05, 4.69) is 33.3 Å². The minimum atomic E-state index is 0.297. The van der Waals surface area contributed by atoms with Crippen molar-refractivity contribution in [3.8, 4) is 6.01 Å². The molecular formula is C16H23N5O2. The van der Waals surface area contributed by atoms with E-state index >= 15 is 0 Å². The van der Waals surface area contributed by atoms with E-state index < -0.39 is 0 Å². The van der Waals surface area contributed by atoms with Crippen molar-refractivity contribution in [3.05, 3.63) is 23.5 Å². The van der Waals surface area contributed by atoms with Crippen LogP contribution in [0.4, 0.5) is 5.82 Å². The molecule has 2 aromatic rings. The van der Waals surface area contributed by atoms with Crippen LogP contribution < -0.4 is 15.8 Å². The van der Waals surface area contributed by atoms with E-state index in [0.29, 0.717) is 31.0 Å². The molecule has 0 spiro atoms. The van der Waals surface area contributed by atoms with Crippen LogP contribution in [0.25, 0.3) is 11.0 Å². The van der Waals surface area contributed by atoms with Crippen LogP contribution >= 0.6 is 0 Å². The summed E-state index contributed by atoms with van der Waals surface area (Å²) in [6.07, 6.45) is 6.22. The summed E-state index contributed by atoms with van der Waals surface area (Å²) in [5.74, 6) is 0.956. The Hall–Kier alpha value is -2.28. The quantitative estimate of drug-likeness (QED) is 0.700. The van der Waals surface area contributed by atoms with Gasteiger partial charge in [0.1, 0.15) is 17.6 Å². The van der Waals surface area contributed by atoms with E-state index in [1.165, 1.54) is 5.70 Å². The van der Waals surface area contributed by atoms with E-state index in [-0.39, 0.29) is 0 Å². The highest BCUT2D eigenvalue weighted by Crippen LogP contribution is 2.26. The Bertz CT molecular complexity index is 710. The SMILES string of the molecule is COCCOc1nc(N)c2[nH]cc(CC3CC=C(C)NC3)c2n1. The number of H-pyrrole nitrogens is 1. The maximum absolute atomic E-state index is 6.01. The molecule has 0 radical (unpaired) electrons. The number of methoxy groups -OCH3 is 1. The fraction of sp³-hybridized carbons (Fsp3) is 0.500. The number of aromatic nitrogens is 3. The predicted octanol–water partition coefficient (Wildman–Crippen LogP) is 1.62. The number of aromatic amines is 1. The third-order valence-electron chi connectivity index (χ3n) is 4.07. The molecule has 0 aromatic carbocycles. The van der Waals surface area contributed by atoms with Gasteiger partial charge in [-0.2, -0.15) is 9.97 Å². The predicted molar refractivity (Wildman–Crippen MR) is 89.2 cm³/mol. The van der Waals surface area contributed by atoms with Crippen LogP contribution in [0.1, 0.15) is 18.9 Å². The first-order valence-corrected chi connectivity index (χ1v) is 7.83. The molecule has 0 bridgehead atoms. The highest BCUT2D eigenvalue weighted by molar-refractivity contribution is 5.87. The Labute approximate surface area is 135 Å². The molecule has 0 amide bonds. The molecule has 2 aromatic heterocycles. The third kappa shape index (κ3) is 3.56. The molecule has 1 unspecified atom stereocenters. The molecule has 124 valence electrons. The van der Waals surface area contributed by atoms with Crippen LogP contribution in [-0.2, 0) is 11.2 Å². The Kier molecular flexibility index (Phi) is 4.66. The van der Waals surface area contributed by atoms with Gasteiger partial charge in [0, 0.05) is 25.5 Å². The zero-order valence-corrected chi connectivity index (χ0v) is 13.6. The summed E-state index contributed by atoms with van der Waals surface area (Å²) < 4.78 is 10.5. The first-order chi connectivity index (χ1) is 11.2. The second kappa shape index (κ2) is 6.87. The lowest BCUT2D eigenvalue weighted by atomic mass is 9.94. The highest BCUT2D eigenvalue weighted by atomic mass is 16.5. The Morgan fingerprint density at radius 3 is 2.96 bits per heavy atom. The standard InChI is InChI=1S/C16H23N5O2/c1-10-3-4-11(8-18-10)7-12-9-19-14-13(12)20-16(21-15(14)17)23-6-5-22-2/h3,9,11,18-19H,4-8H2,1-2H3,(H2,17,20,21). The lowest BCUT2D eigenvalue weighted by Gasteiger charge is -2.21. The number of fused-ring (bicyclic) bond motifs is 1. The summed E-state index contributed by atoms with van der Waals surface area (Å²) in [7, 11) is 1.63. The van der Waals surface area contributed by atoms with Gasteiger partial charge < -0.3 is 25.5 Å². The van der Waals surface area contributed by atoms with Crippen LogP contribution in [-0.4, -0.2) is 41.8 Å². The average Bonchev–Trinajstić information content (AvgIpc) is 2.93. The largest absolute Gasteiger partial charge is 0.461 e. The summed E-state index contributed by atoms with van der Waals surface area (Å²) >= 11 is 0. The minimum absolute atomic E-state index is 0.297. The number of anilines is 1. The second-order valence-corrected chi connectivity index (χ2v) is 5.84. The van der Waals surface area contributed by atoms with Crippen molar-refractivity contribution >= 4 is 16.9 Å². The second-order valence-electron chi connectivity index (χ2n) is 5.84. The highest BCUT2D eigenvalue weighted by Gasteiger charge is 2.17. The number of nitrogen functional groups attached to an aromatic ring is 1. The Balaban J connectivity index is 1.80. The number of nitrogens with one attached hydrogen (secondary N) is 2. The Morgan fingerprint density at radius 2 is 2.22 bits per heavy atom. The van der Waals surface area contributed by atoms with E-state index in [4.69, 9.17) is 15.2 Å². The van der Waals surface area contributed by atoms with E-state index in [9.17, 15) is 0 Å². The van der Waals surface area contributed by atoms with Crippen LogP contribution in [0.5, 0.6) is 6.01 Å². The molecule has 7 heteroatoms. The minimum Gasteiger partial charge on any atom is -0.461 e. The molecule has 7 nitrogen and oxygen atoms in total. The van der Waals surface area contributed by atoms with Crippen molar-refractivity contribution in [1.82, 2.24) is 20.3 Å². The van der Waals surface area contributed by atoms with Crippen molar-refractivity contribution in [1.29, 1.82) is 0 Å². The zero-order valence-electron chi connectivity index (χ0n) is 13.6. The van der Waals surface area contributed by atoms with Gasteiger partial charge in [-0.25, -0.2) is 0 Å². The van der Waals surface area contributed by atoms with Crippen molar-refractivity contribution in [2.75, 3.05) is 32.6 Å². The summed E-state index contributed by atoms with van der Waals surface area (Å²) in [6.45, 7) is 3.96. The van der Waals surface area contributed by atoms with Gasteiger partial charge in [-0.05, 0) is 31.2 Å². The van der Waals surface area contributed by atoms with Crippen molar-refractivity contribution in [3.63, 3.8) is 0 Å². The lowest BCUT2D eigenvalue weighted by molar-refractivity contribution is 0.141. The number of nitrogens with zero attached hydrogens (tertiary/aromatic N) is 2. The summed E-state index contributed by atoms with van der Waals surface area (Å²) in [5.41, 5.74) is 10.0. The number of allylic oxidation sites excluding steroid dienone is 2. The normalized spacial score (nSPS) is 17.8. The number of nitrogens with two attached hydrogens (primary N) is 1. The first-order valence-electron chi connectivity index (χ1n) is 7.83. The summed E-state index contributed by atoms with van der Waals surface area (Å²) in [4.78, 5) is 11.9. The molecule has 1 atom stereocenters. The van der Waals surface area contributed by atoms with Gasteiger partial charge in [0.25, 0.3) is 0 Å². The number of hydrogen-bond donors (Lipinski definition) is 3. The number of hydrogen-bond acceptors (Lipinski definition) is 6. The van der Waals surface area contributed by atoms with Crippen molar-refractivity contribution in [2.24, 2.45) is 5.92 Å². The zero-order chi connectivity index (χ0) is 16.2. The van der Waals surface area contributed by atoms with Gasteiger partial charge in [0.2, 0.25) is 0 Å². The summed E-state index contributed by atoms with van der Waals surface area (Å²) in [6, 6.07) is 0.297. The molecule has 0 saturated carbocycles. The van der Waals surface area contributed by atoms with E-state index in [0.717, 1.165) is 36.0 Å². The molecule has 0 aliphatic carbocycles. The molecule has 0 fully saturated rings. The van der Waals surface area contributed by atoms with E-state index in [1.54, 1.807) is 7.11 Å². The fourth-order valence-corrected chi connectivity index (χ4v) is 2.77. The van der Waals surface area contributed by atoms with Gasteiger partial charge >= 0.3 is 6.01 Å². The van der Waals surface area contributed by atoms with Crippen LogP contribution in [0, 0.1) is 5.92 Å². The molecule has 0 saturated heterocycles. The number of ether oxygens (including phenoxy) is 2. The van der Waals surface area contributed by atoms with Crippen LogP contribution in [0.15, 0.2) is 18.0 Å². The monoisotopic (exact) mass is 317 g/mol. The molecular weight excluding hydrogens is 294 g/mol. The summed E-state index contributed by atoms with van der Waals surface area (Å²) in [5, 5.41) is 3.40. The molecule has 23 heavy (non-hydrogen) atoms. The molecule has 3 rings (SSSR count). The topological polar surface area (TPSA) is 98.1 Å². The van der Waals surface area contributed by atoms with Crippen LogP contribution in [0.3, 0.4) is 0 Å². The fourth-order valence-electron chi connectivity index (χ4n) is 2.77. The molecule has 4 N–H and O–H groups in total. The van der Waals surface area contributed by atoms with Gasteiger partial charge in [-0.1, -0.05) is 6.08 Å². The molecule has 3 heterocycles. The van der Waals surface area contributed by atoms with Gasteiger partial charge in [-0.3, -0.25) is 0 Å². The van der Waals surface area contributed by atoms with Gasteiger partial charge in [-0.15, -0.1) is 0 Å². The van der Waals surface area contributed by atoms with Crippen LogP contribution in [0.2, 0.25) is 0 Å². The smallest absolute Gasteiger partial charge is 0.319 e. The average molecular weight is 317 g/mol. The molecule has 1 aliphatic rings. The maximum atomic E-state index is 6.01. The Morgan fingerprint density at radius 1 is 1.35 bits per heavy atom. The first kappa shape index (κ1) is 15.6. The lowest BCUT2D eigenvalue weighted by Crippen LogP contribution is -2.26.